The third-order valence-electron chi connectivity index (χ3n) is 1.40. The molecule has 0 spiro atoms. The zero-order chi connectivity index (χ0) is 5.82. The van der Waals surface area contributed by atoms with E-state index in [4.69, 9.17) is 10.1 Å². The van der Waals surface area contributed by atoms with Crippen molar-refractivity contribution in [2.75, 3.05) is 6.61 Å². The summed E-state index contributed by atoms with van der Waals surface area (Å²) in [6.07, 6.45) is 4.93. The van der Waals surface area contributed by atoms with Crippen molar-refractivity contribution >= 4 is 6.21 Å². The second-order valence-corrected chi connectivity index (χ2v) is 2.07. The maximum Gasteiger partial charge on any atom is 0.0625 e. The molecule has 1 heterocycles. The van der Waals surface area contributed by atoms with Gasteiger partial charge in [-0.25, -0.2) is 0 Å². The highest BCUT2D eigenvalue weighted by atomic mass is 16.5. The molecule has 0 amide bonds. The first kappa shape index (κ1) is 5.76. The first-order chi connectivity index (χ1) is 3.93. The van der Waals surface area contributed by atoms with Crippen LogP contribution >= 0.6 is 0 Å². The number of nitrogens with one attached hydrogen (secondary N) is 1. The first-order valence-corrected chi connectivity index (χ1v) is 3.04. The molecular formula is C6H11NO. The molecule has 0 aromatic heterocycles. The SMILES string of the molecule is N=CCC1CCCO1. The Kier molecular flexibility index (Phi) is 2.03. The van der Waals surface area contributed by atoms with Gasteiger partial charge in [-0.15, -0.1) is 0 Å². The normalized spacial score (nSPS) is 28.2. The Balaban J connectivity index is 2.14. The highest BCUT2D eigenvalue weighted by Gasteiger charge is 2.12. The molecule has 2 heteroatoms. The van der Waals surface area contributed by atoms with E-state index in [0.717, 1.165) is 19.4 Å². The zero-order valence-electron chi connectivity index (χ0n) is 4.89. The summed E-state index contributed by atoms with van der Waals surface area (Å²) in [5.41, 5.74) is 0. The van der Waals surface area contributed by atoms with Gasteiger partial charge in [-0.2, -0.15) is 0 Å². The van der Waals surface area contributed by atoms with Gasteiger partial charge in [0.1, 0.15) is 0 Å². The van der Waals surface area contributed by atoms with Gasteiger partial charge in [-0.05, 0) is 19.1 Å². The molecule has 8 heavy (non-hydrogen) atoms. The smallest absolute Gasteiger partial charge is 0.0625 e. The minimum Gasteiger partial charge on any atom is -0.378 e. The Labute approximate surface area is 49.4 Å². The highest BCUT2D eigenvalue weighted by Crippen LogP contribution is 2.13. The fraction of sp³-hybridized carbons (Fsp3) is 0.833. The van der Waals surface area contributed by atoms with Gasteiger partial charge >= 0.3 is 0 Å². The van der Waals surface area contributed by atoms with Gasteiger partial charge in [0.05, 0.1) is 6.10 Å². The van der Waals surface area contributed by atoms with E-state index in [0.29, 0.717) is 6.10 Å². The van der Waals surface area contributed by atoms with Crippen LogP contribution in [0.1, 0.15) is 19.3 Å². The molecule has 0 saturated carbocycles. The second-order valence-electron chi connectivity index (χ2n) is 2.07. The molecule has 1 unspecified atom stereocenters. The van der Waals surface area contributed by atoms with Crippen LogP contribution in [0.15, 0.2) is 0 Å². The third kappa shape index (κ3) is 1.30. The minimum absolute atomic E-state index is 0.368. The summed E-state index contributed by atoms with van der Waals surface area (Å²) in [6, 6.07) is 0. The maximum atomic E-state index is 6.76. The van der Waals surface area contributed by atoms with Crippen molar-refractivity contribution in [3.63, 3.8) is 0 Å². The van der Waals surface area contributed by atoms with Crippen molar-refractivity contribution in [1.82, 2.24) is 0 Å². The van der Waals surface area contributed by atoms with E-state index in [1.165, 1.54) is 12.6 Å². The standard InChI is InChI=1S/C6H11NO/c7-4-3-6-2-1-5-8-6/h4,6-7H,1-3,5H2. The lowest BCUT2D eigenvalue weighted by molar-refractivity contribution is 0.117. The molecule has 1 aliphatic rings. The van der Waals surface area contributed by atoms with Crippen LogP contribution in [-0.4, -0.2) is 18.9 Å². The molecule has 1 saturated heterocycles. The molecule has 0 aromatic carbocycles. The van der Waals surface area contributed by atoms with Crippen molar-refractivity contribution in [3.8, 4) is 0 Å². The Morgan fingerprint density at radius 1 is 1.75 bits per heavy atom. The molecule has 1 aliphatic heterocycles. The lowest BCUT2D eigenvalue weighted by Gasteiger charge is -2.01. The predicted octanol–water partition coefficient (Wildman–Crippen LogP) is 1.21. The number of hydrogen-bond acceptors (Lipinski definition) is 2. The van der Waals surface area contributed by atoms with E-state index in [9.17, 15) is 0 Å². The van der Waals surface area contributed by atoms with Crippen molar-refractivity contribution in [2.45, 2.75) is 25.4 Å². The number of ether oxygens (including phenoxy) is 1. The van der Waals surface area contributed by atoms with E-state index >= 15 is 0 Å². The monoisotopic (exact) mass is 113 g/mol. The van der Waals surface area contributed by atoms with Gasteiger partial charge < -0.3 is 10.1 Å². The van der Waals surface area contributed by atoms with Crippen LogP contribution < -0.4 is 0 Å². The van der Waals surface area contributed by atoms with E-state index < -0.39 is 0 Å². The molecule has 1 rings (SSSR count). The molecule has 1 N–H and O–H groups in total. The summed E-state index contributed by atoms with van der Waals surface area (Å²) in [5, 5.41) is 6.76. The molecule has 0 aliphatic carbocycles. The lowest BCUT2D eigenvalue weighted by Crippen LogP contribution is -2.03. The average molecular weight is 113 g/mol. The fourth-order valence-electron chi connectivity index (χ4n) is 0.962. The highest BCUT2D eigenvalue weighted by molar-refractivity contribution is 5.53. The zero-order valence-corrected chi connectivity index (χ0v) is 4.89. The van der Waals surface area contributed by atoms with Crippen molar-refractivity contribution in [1.29, 1.82) is 5.41 Å². The van der Waals surface area contributed by atoms with Gasteiger partial charge in [0, 0.05) is 13.0 Å². The first-order valence-electron chi connectivity index (χ1n) is 3.04. The number of rotatable bonds is 2. The van der Waals surface area contributed by atoms with Gasteiger partial charge in [-0.3, -0.25) is 0 Å². The molecule has 0 radical (unpaired) electrons. The average Bonchev–Trinajstić information content (AvgIpc) is 2.19. The van der Waals surface area contributed by atoms with Crippen LogP contribution in [0.3, 0.4) is 0 Å². The topological polar surface area (TPSA) is 33.1 Å². The van der Waals surface area contributed by atoms with Gasteiger partial charge in [-0.1, -0.05) is 0 Å². The molecule has 0 bridgehead atoms. The predicted molar refractivity (Wildman–Crippen MR) is 32.4 cm³/mol. The second kappa shape index (κ2) is 2.82. The minimum atomic E-state index is 0.368. The van der Waals surface area contributed by atoms with E-state index in [1.807, 2.05) is 0 Å². The third-order valence-corrected chi connectivity index (χ3v) is 1.40. The van der Waals surface area contributed by atoms with E-state index in [-0.39, 0.29) is 0 Å². The Morgan fingerprint density at radius 3 is 3.12 bits per heavy atom. The summed E-state index contributed by atoms with van der Waals surface area (Å²) in [5.74, 6) is 0. The van der Waals surface area contributed by atoms with Crippen molar-refractivity contribution in [2.24, 2.45) is 0 Å². The van der Waals surface area contributed by atoms with Crippen LogP contribution in [-0.2, 0) is 4.74 Å². The van der Waals surface area contributed by atoms with Gasteiger partial charge in [0.15, 0.2) is 0 Å². The van der Waals surface area contributed by atoms with E-state index in [1.54, 1.807) is 0 Å². The molecule has 2 nitrogen and oxygen atoms in total. The molecular weight excluding hydrogens is 102 g/mol. The summed E-state index contributed by atoms with van der Waals surface area (Å²) in [7, 11) is 0. The summed E-state index contributed by atoms with van der Waals surface area (Å²) in [6.45, 7) is 0.901. The van der Waals surface area contributed by atoms with Crippen LogP contribution in [0.2, 0.25) is 0 Å². The Bertz CT molecular complexity index is 76.6. The summed E-state index contributed by atoms with van der Waals surface area (Å²) >= 11 is 0. The Hall–Kier alpha value is -0.370. The van der Waals surface area contributed by atoms with Crippen LogP contribution in [0.25, 0.3) is 0 Å². The Morgan fingerprint density at radius 2 is 2.62 bits per heavy atom. The van der Waals surface area contributed by atoms with Crippen LogP contribution in [0.5, 0.6) is 0 Å². The quantitative estimate of drug-likeness (QED) is 0.536. The fourth-order valence-corrected chi connectivity index (χ4v) is 0.962. The summed E-state index contributed by atoms with van der Waals surface area (Å²) < 4.78 is 5.24. The number of hydrogen-bond donors (Lipinski definition) is 1. The molecule has 46 valence electrons. The maximum absolute atomic E-state index is 6.76. The molecule has 1 fully saturated rings. The van der Waals surface area contributed by atoms with Gasteiger partial charge in [0.25, 0.3) is 0 Å². The van der Waals surface area contributed by atoms with Crippen molar-refractivity contribution in [3.05, 3.63) is 0 Å². The van der Waals surface area contributed by atoms with Crippen molar-refractivity contribution < 1.29 is 4.74 Å². The summed E-state index contributed by atoms with van der Waals surface area (Å²) in [4.78, 5) is 0. The largest absolute Gasteiger partial charge is 0.378 e. The van der Waals surface area contributed by atoms with Crippen LogP contribution in [0, 0.1) is 5.41 Å². The lowest BCUT2D eigenvalue weighted by atomic mass is 10.2. The molecule has 0 aromatic rings. The molecule has 1 atom stereocenters. The van der Waals surface area contributed by atoms with Crippen LogP contribution in [0.4, 0.5) is 0 Å². The van der Waals surface area contributed by atoms with Gasteiger partial charge in [0.2, 0.25) is 0 Å². The van der Waals surface area contributed by atoms with E-state index in [2.05, 4.69) is 0 Å².